The van der Waals surface area contributed by atoms with Gasteiger partial charge in [0.05, 0.1) is 24.0 Å². The van der Waals surface area contributed by atoms with Crippen molar-refractivity contribution in [3.05, 3.63) is 0 Å². The van der Waals surface area contributed by atoms with E-state index in [2.05, 4.69) is 5.32 Å². The minimum Gasteiger partial charge on any atom is -0.481 e. The Labute approximate surface area is 102 Å². The van der Waals surface area contributed by atoms with Crippen LogP contribution in [0.2, 0.25) is 0 Å². The quantitative estimate of drug-likeness (QED) is 0.756. The van der Waals surface area contributed by atoms with Gasteiger partial charge in [-0.25, -0.2) is 0 Å². The van der Waals surface area contributed by atoms with Crippen LogP contribution in [0.3, 0.4) is 0 Å². The van der Waals surface area contributed by atoms with Crippen molar-refractivity contribution in [1.29, 1.82) is 0 Å². The van der Waals surface area contributed by atoms with Crippen LogP contribution < -0.4 is 5.32 Å². The zero-order valence-corrected chi connectivity index (χ0v) is 10.7. The number of carboxylic acids is 1. The standard InChI is InChI=1S/C12H21NO4/c1-12(2,7-17-3)13-10(14)8-5-4-6-9(8)11(15)16/h8-9H,4-7H2,1-3H3,(H,13,14)(H,15,16). The van der Waals surface area contributed by atoms with Crippen LogP contribution in [0.5, 0.6) is 0 Å². The molecule has 5 heteroatoms. The molecular formula is C12H21NO4. The van der Waals surface area contributed by atoms with Crippen molar-refractivity contribution in [3.8, 4) is 0 Å². The molecule has 1 aliphatic rings. The summed E-state index contributed by atoms with van der Waals surface area (Å²) in [6, 6.07) is 0. The van der Waals surface area contributed by atoms with Gasteiger partial charge in [-0.15, -0.1) is 0 Å². The number of carboxylic acid groups (broad SMARTS) is 1. The van der Waals surface area contributed by atoms with Crippen molar-refractivity contribution in [2.24, 2.45) is 11.8 Å². The maximum absolute atomic E-state index is 12.0. The predicted molar refractivity (Wildman–Crippen MR) is 62.6 cm³/mol. The fraction of sp³-hybridized carbons (Fsp3) is 0.833. The van der Waals surface area contributed by atoms with Gasteiger partial charge in [0, 0.05) is 7.11 Å². The molecule has 0 bridgehead atoms. The molecule has 1 aliphatic carbocycles. The molecule has 0 aromatic carbocycles. The van der Waals surface area contributed by atoms with Gasteiger partial charge in [-0.3, -0.25) is 9.59 Å². The van der Waals surface area contributed by atoms with Crippen LogP contribution in [0.15, 0.2) is 0 Å². The highest BCUT2D eigenvalue weighted by atomic mass is 16.5. The average molecular weight is 243 g/mol. The summed E-state index contributed by atoms with van der Waals surface area (Å²) in [6.07, 6.45) is 2.06. The Morgan fingerprint density at radius 1 is 1.35 bits per heavy atom. The molecule has 17 heavy (non-hydrogen) atoms. The van der Waals surface area contributed by atoms with Gasteiger partial charge in [-0.05, 0) is 26.7 Å². The number of rotatable bonds is 5. The van der Waals surface area contributed by atoms with Crippen molar-refractivity contribution < 1.29 is 19.4 Å². The SMILES string of the molecule is COCC(C)(C)NC(=O)C1CCCC1C(=O)O. The van der Waals surface area contributed by atoms with E-state index in [1.165, 1.54) is 0 Å². The molecule has 0 radical (unpaired) electrons. The third-order valence-electron chi connectivity index (χ3n) is 3.14. The molecule has 1 rings (SSSR count). The lowest BCUT2D eigenvalue weighted by atomic mass is 9.94. The summed E-state index contributed by atoms with van der Waals surface area (Å²) in [5.74, 6) is -1.97. The molecule has 1 saturated carbocycles. The molecule has 0 aromatic heterocycles. The van der Waals surface area contributed by atoms with Crippen LogP contribution in [-0.2, 0) is 14.3 Å². The Hall–Kier alpha value is -1.10. The Balaban J connectivity index is 2.61. The largest absolute Gasteiger partial charge is 0.481 e. The second-order valence-corrected chi connectivity index (χ2v) is 5.29. The van der Waals surface area contributed by atoms with E-state index in [0.29, 0.717) is 19.4 Å². The van der Waals surface area contributed by atoms with Crippen molar-refractivity contribution in [2.75, 3.05) is 13.7 Å². The predicted octanol–water partition coefficient (Wildman–Crippen LogP) is 1.03. The van der Waals surface area contributed by atoms with E-state index in [4.69, 9.17) is 9.84 Å². The fourth-order valence-electron chi connectivity index (χ4n) is 2.39. The lowest BCUT2D eigenvalue weighted by Gasteiger charge is -2.28. The molecular weight excluding hydrogens is 222 g/mol. The fourth-order valence-corrected chi connectivity index (χ4v) is 2.39. The van der Waals surface area contributed by atoms with Crippen molar-refractivity contribution >= 4 is 11.9 Å². The summed E-state index contributed by atoms with van der Waals surface area (Å²) in [5.41, 5.74) is -0.461. The lowest BCUT2D eigenvalue weighted by Crippen LogP contribution is -2.50. The van der Waals surface area contributed by atoms with Crippen LogP contribution in [0, 0.1) is 11.8 Å². The van der Waals surface area contributed by atoms with Gasteiger partial charge in [0.15, 0.2) is 0 Å². The summed E-state index contributed by atoms with van der Waals surface area (Å²) >= 11 is 0. The maximum Gasteiger partial charge on any atom is 0.307 e. The van der Waals surface area contributed by atoms with E-state index >= 15 is 0 Å². The monoisotopic (exact) mass is 243 g/mol. The molecule has 0 aliphatic heterocycles. The number of carbonyl (C=O) groups excluding carboxylic acids is 1. The van der Waals surface area contributed by atoms with Crippen LogP contribution in [0.4, 0.5) is 0 Å². The van der Waals surface area contributed by atoms with Crippen molar-refractivity contribution in [2.45, 2.75) is 38.6 Å². The molecule has 1 amide bonds. The number of hydrogen-bond acceptors (Lipinski definition) is 3. The summed E-state index contributed by atoms with van der Waals surface area (Å²) in [4.78, 5) is 23.0. The molecule has 2 unspecified atom stereocenters. The van der Waals surface area contributed by atoms with Crippen molar-refractivity contribution in [3.63, 3.8) is 0 Å². The van der Waals surface area contributed by atoms with E-state index in [-0.39, 0.29) is 5.91 Å². The first-order valence-electron chi connectivity index (χ1n) is 5.91. The van der Waals surface area contributed by atoms with Gasteiger partial charge >= 0.3 is 5.97 Å². The highest BCUT2D eigenvalue weighted by Gasteiger charge is 2.39. The number of nitrogens with one attached hydrogen (secondary N) is 1. The Bertz CT molecular complexity index is 301. The first kappa shape index (κ1) is 14.0. The topological polar surface area (TPSA) is 75.6 Å². The van der Waals surface area contributed by atoms with E-state index in [9.17, 15) is 9.59 Å². The van der Waals surface area contributed by atoms with Gasteiger partial charge < -0.3 is 15.2 Å². The first-order valence-corrected chi connectivity index (χ1v) is 5.91. The van der Waals surface area contributed by atoms with Gasteiger partial charge in [-0.1, -0.05) is 6.42 Å². The lowest BCUT2D eigenvalue weighted by molar-refractivity contribution is -0.146. The summed E-state index contributed by atoms with van der Waals surface area (Å²) < 4.78 is 5.01. The van der Waals surface area contributed by atoms with E-state index in [0.717, 1.165) is 6.42 Å². The van der Waals surface area contributed by atoms with Gasteiger partial charge in [0.2, 0.25) is 5.91 Å². The third kappa shape index (κ3) is 3.70. The molecule has 1 fully saturated rings. The van der Waals surface area contributed by atoms with Crippen molar-refractivity contribution in [1.82, 2.24) is 5.32 Å². The Morgan fingerprint density at radius 2 is 1.94 bits per heavy atom. The van der Waals surface area contributed by atoms with Gasteiger partial charge in [0.1, 0.15) is 0 Å². The number of carbonyl (C=O) groups is 2. The number of amides is 1. The number of methoxy groups -OCH3 is 1. The van der Waals surface area contributed by atoms with Crippen LogP contribution >= 0.6 is 0 Å². The zero-order chi connectivity index (χ0) is 13.1. The van der Waals surface area contributed by atoms with E-state index < -0.39 is 23.3 Å². The highest BCUT2D eigenvalue weighted by molar-refractivity contribution is 5.85. The molecule has 5 nitrogen and oxygen atoms in total. The number of aliphatic carboxylic acids is 1. The molecule has 98 valence electrons. The minimum absolute atomic E-state index is 0.169. The summed E-state index contributed by atoms with van der Waals surface area (Å²) in [6.45, 7) is 4.13. The highest BCUT2D eigenvalue weighted by Crippen LogP contribution is 2.32. The molecule has 0 spiro atoms. The Morgan fingerprint density at radius 3 is 2.47 bits per heavy atom. The smallest absolute Gasteiger partial charge is 0.307 e. The maximum atomic E-state index is 12.0. The van der Waals surface area contributed by atoms with E-state index in [1.54, 1.807) is 7.11 Å². The van der Waals surface area contributed by atoms with Crippen LogP contribution in [0.25, 0.3) is 0 Å². The molecule has 2 N–H and O–H groups in total. The minimum atomic E-state index is -0.868. The van der Waals surface area contributed by atoms with Crippen LogP contribution in [0.1, 0.15) is 33.1 Å². The normalized spacial score (nSPS) is 24.6. The second kappa shape index (κ2) is 5.49. The average Bonchev–Trinajstić information content (AvgIpc) is 2.64. The molecule has 0 heterocycles. The third-order valence-corrected chi connectivity index (χ3v) is 3.14. The number of hydrogen-bond donors (Lipinski definition) is 2. The van der Waals surface area contributed by atoms with Gasteiger partial charge in [0.25, 0.3) is 0 Å². The van der Waals surface area contributed by atoms with E-state index in [1.807, 2.05) is 13.8 Å². The van der Waals surface area contributed by atoms with Crippen LogP contribution in [-0.4, -0.2) is 36.2 Å². The molecule has 0 aromatic rings. The summed E-state index contributed by atoms with van der Waals surface area (Å²) in [5, 5.41) is 11.9. The van der Waals surface area contributed by atoms with Gasteiger partial charge in [-0.2, -0.15) is 0 Å². The molecule has 2 atom stereocenters. The number of ether oxygens (including phenoxy) is 1. The first-order chi connectivity index (χ1) is 7.87. The zero-order valence-electron chi connectivity index (χ0n) is 10.7. The Kier molecular flexibility index (Phi) is 4.51. The molecule has 0 saturated heterocycles. The summed E-state index contributed by atoms with van der Waals surface area (Å²) in [7, 11) is 1.57. The second-order valence-electron chi connectivity index (χ2n) is 5.29.